The minimum absolute atomic E-state index is 0. The summed E-state index contributed by atoms with van der Waals surface area (Å²) in [6.07, 6.45) is 0. The monoisotopic (exact) mass is 145 g/mol. The molecule has 0 aliphatic rings. The van der Waals surface area contributed by atoms with Crippen LogP contribution in [0.1, 0.15) is 25.1 Å². The van der Waals surface area contributed by atoms with Gasteiger partial charge in [-0.2, -0.15) is 0 Å². The molecule has 0 heterocycles. The molecule has 0 unspecified atom stereocenters. The van der Waals surface area contributed by atoms with Gasteiger partial charge in [0.2, 0.25) is 0 Å². The first-order valence-electron chi connectivity index (χ1n) is 3.07. The average molecular weight is 145 g/mol. The van der Waals surface area contributed by atoms with Crippen molar-refractivity contribution in [2.75, 3.05) is 19.6 Å². The third-order valence-electron chi connectivity index (χ3n) is 1.34. The van der Waals surface area contributed by atoms with Gasteiger partial charge in [-0.1, -0.05) is 20.8 Å². The summed E-state index contributed by atoms with van der Waals surface area (Å²) in [5.74, 6) is 0. The van der Waals surface area contributed by atoms with Crippen molar-refractivity contribution in [2.45, 2.75) is 20.8 Å². The molecule has 1 nitrogen and oxygen atoms in total. The van der Waals surface area contributed by atoms with E-state index in [1.165, 1.54) is 19.6 Å². The molecular weight excluding hydrogens is 126 g/mol. The van der Waals surface area contributed by atoms with Crippen LogP contribution in [-0.4, -0.2) is 62.3 Å². The average Bonchev–Trinajstić information content (AvgIpc) is 1.72. The van der Waals surface area contributed by atoms with Crippen molar-refractivity contribution in [3.8, 4) is 0 Å². The summed E-state index contributed by atoms with van der Waals surface area (Å²) < 4.78 is 0. The maximum atomic E-state index is 2.38. The van der Waals surface area contributed by atoms with Gasteiger partial charge in [-0.25, -0.2) is 0 Å². The molecule has 0 spiro atoms. The standard InChI is InChI=1S/C6H15N.Ca.H2.2H/c1-4-7(5-2)6-3;;;;/h4-6H2,1-3H3;;1H;;/q;+2;;2*-1. The van der Waals surface area contributed by atoms with Crippen molar-refractivity contribution in [2.24, 2.45) is 0 Å². The molecule has 0 aliphatic heterocycles. The zero-order chi connectivity index (χ0) is 5.70. The SMILES string of the molecule is CCN(CC)CC.[Ca+2].[H-].[H-].[HH]. The number of rotatable bonds is 3. The summed E-state index contributed by atoms with van der Waals surface area (Å²) in [6, 6.07) is 0. The Labute approximate surface area is 86.9 Å². The predicted octanol–water partition coefficient (Wildman–Crippen LogP) is 1.44. The molecule has 0 radical (unpaired) electrons. The van der Waals surface area contributed by atoms with Gasteiger partial charge in [0.05, 0.1) is 0 Å². The number of hydrogen-bond donors (Lipinski definition) is 0. The summed E-state index contributed by atoms with van der Waals surface area (Å²) in [5.41, 5.74) is 0. The zero-order valence-corrected chi connectivity index (χ0v) is 8.48. The van der Waals surface area contributed by atoms with Gasteiger partial charge in [0.25, 0.3) is 0 Å². The maximum absolute atomic E-state index is 2.38. The summed E-state index contributed by atoms with van der Waals surface area (Å²) >= 11 is 0. The first-order chi connectivity index (χ1) is 3.35. The molecule has 8 heavy (non-hydrogen) atoms. The van der Waals surface area contributed by atoms with Crippen LogP contribution in [0.5, 0.6) is 0 Å². The van der Waals surface area contributed by atoms with Gasteiger partial charge in [0.1, 0.15) is 0 Å². The van der Waals surface area contributed by atoms with Crippen molar-refractivity contribution < 1.29 is 4.28 Å². The van der Waals surface area contributed by atoms with E-state index in [0.717, 1.165) is 0 Å². The molecule has 50 valence electrons. The maximum Gasteiger partial charge on any atom is 2.00 e. The molecule has 0 saturated heterocycles. The van der Waals surface area contributed by atoms with Crippen LogP contribution >= 0.6 is 0 Å². The molecule has 0 saturated carbocycles. The minimum Gasteiger partial charge on any atom is -1.00 e. The zero-order valence-electron chi connectivity index (χ0n) is 8.28. The topological polar surface area (TPSA) is 3.24 Å². The van der Waals surface area contributed by atoms with Crippen LogP contribution in [0.4, 0.5) is 0 Å². The molecule has 0 bridgehead atoms. The van der Waals surface area contributed by atoms with E-state index in [-0.39, 0.29) is 42.0 Å². The Morgan fingerprint density at radius 3 is 1.38 bits per heavy atom. The fourth-order valence-corrected chi connectivity index (χ4v) is 0.671. The molecule has 0 amide bonds. The predicted molar refractivity (Wildman–Crippen MR) is 43.6 cm³/mol. The first-order valence-corrected chi connectivity index (χ1v) is 3.07. The van der Waals surface area contributed by atoms with Gasteiger partial charge >= 0.3 is 37.7 Å². The largest absolute Gasteiger partial charge is 2.00 e. The van der Waals surface area contributed by atoms with Crippen LogP contribution in [0.3, 0.4) is 0 Å². The second-order valence-corrected chi connectivity index (χ2v) is 1.62. The van der Waals surface area contributed by atoms with Crippen molar-refractivity contribution in [3.05, 3.63) is 0 Å². The van der Waals surface area contributed by atoms with E-state index in [4.69, 9.17) is 0 Å². The van der Waals surface area contributed by atoms with Crippen LogP contribution in [0, 0.1) is 0 Å². The molecule has 0 aromatic carbocycles. The number of hydrogen-bond acceptors (Lipinski definition) is 1. The van der Waals surface area contributed by atoms with Crippen molar-refractivity contribution in [1.82, 2.24) is 4.90 Å². The molecule has 0 aromatic rings. The molecule has 0 fully saturated rings. The molecule has 0 aliphatic carbocycles. The van der Waals surface area contributed by atoms with E-state index >= 15 is 0 Å². The first kappa shape index (κ1) is 12.0. The Kier molecular flexibility index (Phi) is 12.3. The van der Waals surface area contributed by atoms with Crippen LogP contribution in [0.15, 0.2) is 0 Å². The summed E-state index contributed by atoms with van der Waals surface area (Å²) in [5, 5.41) is 0. The summed E-state index contributed by atoms with van der Waals surface area (Å²) in [6.45, 7) is 10.1. The fourth-order valence-electron chi connectivity index (χ4n) is 0.671. The van der Waals surface area contributed by atoms with E-state index in [9.17, 15) is 0 Å². The van der Waals surface area contributed by atoms with Gasteiger partial charge in [-0.15, -0.1) is 0 Å². The Balaban J connectivity index is -0.0000000300. The molecule has 0 N–H and O–H groups in total. The van der Waals surface area contributed by atoms with Crippen molar-refractivity contribution >= 4 is 37.7 Å². The van der Waals surface area contributed by atoms with Gasteiger partial charge in [0.15, 0.2) is 0 Å². The van der Waals surface area contributed by atoms with E-state index in [1.54, 1.807) is 0 Å². The molecular formula is C6H19CaN. The van der Waals surface area contributed by atoms with Gasteiger partial charge in [-0.05, 0) is 19.6 Å². The van der Waals surface area contributed by atoms with E-state index < -0.39 is 0 Å². The Bertz CT molecular complexity index is 39.3. The van der Waals surface area contributed by atoms with Crippen molar-refractivity contribution in [3.63, 3.8) is 0 Å². The second kappa shape index (κ2) is 8.22. The fraction of sp³-hybridized carbons (Fsp3) is 1.00. The van der Waals surface area contributed by atoms with Crippen LogP contribution in [0.25, 0.3) is 0 Å². The van der Waals surface area contributed by atoms with E-state index in [0.29, 0.717) is 0 Å². The smallest absolute Gasteiger partial charge is 1.00 e. The quantitative estimate of drug-likeness (QED) is 0.543. The van der Waals surface area contributed by atoms with E-state index in [2.05, 4.69) is 25.7 Å². The van der Waals surface area contributed by atoms with Crippen LogP contribution in [0.2, 0.25) is 0 Å². The normalized spacial score (nSPS) is 9.00. The molecule has 0 aromatic heterocycles. The van der Waals surface area contributed by atoms with Gasteiger partial charge < -0.3 is 7.75 Å². The third kappa shape index (κ3) is 5.36. The summed E-state index contributed by atoms with van der Waals surface area (Å²) in [7, 11) is 0. The third-order valence-corrected chi connectivity index (χ3v) is 1.34. The summed E-state index contributed by atoms with van der Waals surface area (Å²) in [4.78, 5) is 2.38. The molecule has 0 atom stereocenters. The van der Waals surface area contributed by atoms with Crippen LogP contribution < -0.4 is 0 Å². The molecule has 0 rings (SSSR count). The van der Waals surface area contributed by atoms with Gasteiger partial charge in [-0.3, -0.25) is 0 Å². The van der Waals surface area contributed by atoms with Crippen molar-refractivity contribution in [1.29, 1.82) is 0 Å². The molecule has 2 heteroatoms. The second-order valence-electron chi connectivity index (χ2n) is 1.62. The van der Waals surface area contributed by atoms with Gasteiger partial charge in [0, 0.05) is 1.43 Å². The number of nitrogens with zero attached hydrogens (tertiary/aromatic N) is 1. The van der Waals surface area contributed by atoms with Crippen LogP contribution in [-0.2, 0) is 0 Å². The van der Waals surface area contributed by atoms with E-state index in [1.807, 2.05) is 0 Å². The Hall–Kier alpha value is 1.22. The Morgan fingerprint density at radius 1 is 1.12 bits per heavy atom. The Morgan fingerprint density at radius 2 is 1.38 bits per heavy atom. The minimum atomic E-state index is 0.